The van der Waals surface area contributed by atoms with Gasteiger partial charge in [0.2, 0.25) is 5.91 Å². The molecule has 1 aromatic rings. The molecule has 6 nitrogen and oxygen atoms in total. The van der Waals surface area contributed by atoms with Crippen LogP contribution in [0.4, 0.5) is 0 Å². The number of rotatable bonds is 5. The van der Waals surface area contributed by atoms with Crippen molar-refractivity contribution in [1.29, 1.82) is 0 Å². The zero-order valence-electron chi connectivity index (χ0n) is 15.6. The quantitative estimate of drug-likeness (QED) is 0.820. The van der Waals surface area contributed by atoms with E-state index in [0.717, 1.165) is 12.8 Å². The van der Waals surface area contributed by atoms with Crippen molar-refractivity contribution in [2.24, 2.45) is 0 Å². The number of nitrogens with one attached hydrogen (secondary N) is 1. The number of nitrogens with zero attached hydrogens (tertiary/aromatic N) is 1. The Morgan fingerprint density at radius 3 is 2.23 bits per heavy atom. The Kier molecular flexibility index (Phi) is 6.01. The molecular weight excluding hydrogens is 332 g/mol. The molecule has 1 atom stereocenters. The van der Waals surface area contributed by atoms with E-state index in [0.29, 0.717) is 36.1 Å². The monoisotopic (exact) mass is 360 g/mol. The first-order valence-electron chi connectivity index (χ1n) is 9.44. The van der Waals surface area contributed by atoms with Crippen LogP contribution < -0.4 is 14.8 Å². The Balaban J connectivity index is 1.64. The summed E-state index contributed by atoms with van der Waals surface area (Å²) in [6.45, 7) is 0.607. The molecule has 1 aliphatic carbocycles. The number of hydrogen-bond acceptors (Lipinski definition) is 4. The lowest BCUT2D eigenvalue weighted by molar-refractivity contribution is -0.129. The summed E-state index contributed by atoms with van der Waals surface area (Å²) in [4.78, 5) is 27.1. The van der Waals surface area contributed by atoms with Gasteiger partial charge in [0.1, 0.15) is 11.5 Å². The van der Waals surface area contributed by atoms with E-state index in [2.05, 4.69) is 5.32 Å². The molecule has 0 radical (unpaired) electrons. The lowest BCUT2D eigenvalue weighted by atomic mass is 10.1. The Bertz CT molecular complexity index is 631. The van der Waals surface area contributed by atoms with Crippen LogP contribution in [-0.4, -0.2) is 49.6 Å². The molecule has 2 amide bonds. The summed E-state index contributed by atoms with van der Waals surface area (Å²) in [6, 6.07) is 5.28. The van der Waals surface area contributed by atoms with Gasteiger partial charge in [-0.2, -0.15) is 0 Å². The van der Waals surface area contributed by atoms with Crippen molar-refractivity contribution in [3.05, 3.63) is 23.8 Å². The van der Waals surface area contributed by atoms with Crippen molar-refractivity contribution < 1.29 is 19.1 Å². The van der Waals surface area contributed by atoms with Gasteiger partial charge in [0, 0.05) is 30.6 Å². The van der Waals surface area contributed by atoms with Gasteiger partial charge in [0.05, 0.1) is 20.3 Å². The van der Waals surface area contributed by atoms with Crippen LogP contribution in [0.1, 0.15) is 55.3 Å². The fourth-order valence-electron chi connectivity index (χ4n) is 3.96. The SMILES string of the molecule is COc1cc(OC)cc(C(=O)N[C@@H]2CC(=O)N(C3CCCCCC3)C2)c1. The predicted molar refractivity (Wildman–Crippen MR) is 98.6 cm³/mol. The van der Waals surface area contributed by atoms with Crippen molar-refractivity contribution in [2.45, 2.75) is 57.0 Å². The van der Waals surface area contributed by atoms with E-state index in [1.54, 1.807) is 32.4 Å². The highest BCUT2D eigenvalue weighted by Gasteiger charge is 2.35. The molecular formula is C20H28N2O4. The van der Waals surface area contributed by atoms with Gasteiger partial charge in [-0.1, -0.05) is 25.7 Å². The molecule has 2 aliphatic rings. The van der Waals surface area contributed by atoms with Gasteiger partial charge in [-0.3, -0.25) is 9.59 Å². The highest BCUT2D eigenvalue weighted by molar-refractivity contribution is 5.96. The van der Waals surface area contributed by atoms with Crippen LogP contribution >= 0.6 is 0 Å². The molecule has 0 unspecified atom stereocenters. The first kappa shape index (κ1) is 18.5. The smallest absolute Gasteiger partial charge is 0.251 e. The molecule has 1 saturated heterocycles. The fraction of sp³-hybridized carbons (Fsp3) is 0.600. The third-order valence-electron chi connectivity index (χ3n) is 5.37. The molecule has 3 rings (SSSR count). The van der Waals surface area contributed by atoms with Crippen LogP contribution in [0, 0.1) is 0 Å². The largest absolute Gasteiger partial charge is 0.497 e. The maximum Gasteiger partial charge on any atom is 0.251 e. The van der Waals surface area contributed by atoms with Gasteiger partial charge < -0.3 is 19.7 Å². The summed E-state index contributed by atoms with van der Waals surface area (Å²) >= 11 is 0. The van der Waals surface area contributed by atoms with Gasteiger partial charge in [0.15, 0.2) is 0 Å². The van der Waals surface area contributed by atoms with E-state index in [9.17, 15) is 9.59 Å². The van der Waals surface area contributed by atoms with E-state index >= 15 is 0 Å². The maximum absolute atomic E-state index is 12.6. The van der Waals surface area contributed by atoms with E-state index in [-0.39, 0.29) is 17.9 Å². The lowest BCUT2D eigenvalue weighted by Crippen LogP contribution is -2.40. The topological polar surface area (TPSA) is 67.9 Å². The van der Waals surface area contributed by atoms with Crippen LogP contribution in [0.15, 0.2) is 18.2 Å². The number of carbonyl (C=O) groups is 2. The molecule has 1 saturated carbocycles. The third kappa shape index (κ3) is 4.29. The second kappa shape index (κ2) is 8.43. The molecule has 1 N–H and O–H groups in total. The number of hydrogen-bond donors (Lipinski definition) is 1. The molecule has 1 heterocycles. The second-order valence-corrected chi connectivity index (χ2v) is 7.17. The Labute approximate surface area is 154 Å². The molecule has 0 aromatic heterocycles. The molecule has 2 fully saturated rings. The first-order chi connectivity index (χ1) is 12.6. The summed E-state index contributed by atoms with van der Waals surface area (Å²) in [6.07, 6.45) is 7.44. The summed E-state index contributed by atoms with van der Waals surface area (Å²) in [5.41, 5.74) is 0.474. The highest BCUT2D eigenvalue weighted by Crippen LogP contribution is 2.26. The molecule has 1 aromatic carbocycles. The highest BCUT2D eigenvalue weighted by atomic mass is 16.5. The standard InChI is InChI=1S/C20H28N2O4/c1-25-17-9-14(10-18(12-17)26-2)20(24)21-15-11-19(23)22(13-15)16-7-5-3-4-6-8-16/h9-10,12,15-16H,3-8,11,13H2,1-2H3,(H,21,24)/t15-/m1/s1. The number of benzene rings is 1. The molecule has 0 spiro atoms. The van der Waals surface area contributed by atoms with E-state index in [4.69, 9.17) is 9.47 Å². The normalized spacial score (nSPS) is 21.4. The van der Waals surface area contributed by atoms with Crippen molar-refractivity contribution >= 4 is 11.8 Å². The van der Waals surface area contributed by atoms with Crippen molar-refractivity contribution in [1.82, 2.24) is 10.2 Å². The zero-order chi connectivity index (χ0) is 18.5. The van der Waals surface area contributed by atoms with Crippen LogP contribution in [0.2, 0.25) is 0 Å². The minimum atomic E-state index is -0.206. The predicted octanol–water partition coefficient (Wildman–Crippen LogP) is 2.76. The fourth-order valence-corrected chi connectivity index (χ4v) is 3.96. The number of likely N-dealkylation sites (tertiary alicyclic amines) is 1. The zero-order valence-corrected chi connectivity index (χ0v) is 15.6. The Morgan fingerprint density at radius 2 is 1.65 bits per heavy atom. The van der Waals surface area contributed by atoms with Crippen LogP contribution in [-0.2, 0) is 4.79 Å². The average Bonchev–Trinajstić information content (AvgIpc) is 2.86. The third-order valence-corrected chi connectivity index (χ3v) is 5.37. The number of carbonyl (C=O) groups excluding carboxylic acids is 2. The van der Waals surface area contributed by atoms with E-state index < -0.39 is 0 Å². The van der Waals surface area contributed by atoms with Crippen molar-refractivity contribution in [3.63, 3.8) is 0 Å². The average molecular weight is 360 g/mol. The minimum Gasteiger partial charge on any atom is -0.497 e. The molecule has 26 heavy (non-hydrogen) atoms. The van der Waals surface area contributed by atoms with Crippen LogP contribution in [0.5, 0.6) is 11.5 Å². The van der Waals surface area contributed by atoms with Gasteiger partial charge in [-0.25, -0.2) is 0 Å². The number of amides is 2. The summed E-state index contributed by atoms with van der Waals surface area (Å²) in [5, 5.41) is 3.00. The Hall–Kier alpha value is -2.24. The van der Waals surface area contributed by atoms with Gasteiger partial charge >= 0.3 is 0 Å². The van der Waals surface area contributed by atoms with Gasteiger partial charge in [0.25, 0.3) is 5.91 Å². The maximum atomic E-state index is 12.6. The minimum absolute atomic E-state index is 0.143. The van der Waals surface area contributed by atoms with E-state index in [1.807, 2.05) is 4.90 Å². The summed E-state index contributed by atoms with van der Waals surface area (Å²) in [5.74, 6) is 1.09. The van der Waals surface area contributed by atoms with Crippen LogP contribution in [0.25, 0.3) is 0 Å². The van der Waals surface area contributed by atoms with Gasteiger partial charge in [-0.15, -0.1) is 0 Å². The second-order valence-electron chi connectivity index (χ2n) is 7.17. The lowest BCUT2D eigenvalue weighted by Gasteiger charge is -2.27. The summed E-state index contributed by atoms with van der Waals surface area (Å²) in [7, 11) is 3.10. The molecule has 1 aliphatic heterocycles. The van der Waals surface area contributed by atoms with Crippen molar-refractivity contribution in [2.75, 3.05) is 20.8 Å². The van der Waals surface area contributed by atoms with Crippen molar-refractivity contribution in [3.8, 4) is 11.5 Å². The van der Waals surface area contributed by atoms with Gasteiger partial charge in [-0.05, 0) is 25.0 Å². The Morgan fingerprint density at radius 1 is 1.04 bits per heavy atom. The number of ether oxygens (including phenoxy) is 2. The number of methoxy groups -OCH3 is 2. The first-order valence-corrected chi connectivity index (χ1v) is 9.44. The molecule has 0 bridgehead atoms. The molecule has 6 heteroatoms. The summed E-state index contributed by atoms with van der Waals surface area (Å²) < 4.78 is 10.4. The van der Waals surface area contributed by atoms with Crippen LogP contribution in [0.3, 0.4) is 0 Å². The van der Waals surface area contributed by atoms with E-state index in [1.165, 1.54) is 25.7 Å². The molecule has 142 valence electrons.